The summed E-state index contributed by atoms with van der Waals surface area (Å²) in [5.74, 6) is 0.783. The molecule has 0 saturated heterocycles. The van der Waals surface area contributed by atoms with Crippen LogP contribution in [-0.4, -0.2) is 40.5 Å². The largest absolute Gasteiger partial charge is 0.356 e. The zero-order chi connectivity index (χ0) is 17.5. The van der Waals surface area contributed by atoms with E-state index in [0.29, 0.717) is 5.15 Å². The van der Waals surface area contributed by atoms with Crippen LogP contribution in [0.5, 0.6) is 0 Å². The van der Waals surface area contributed by atoms with Gasteiger partial charge in [0.2, 0.25) is 0 Å². The lowest BCUT2D eigenvalue weighted by atomic mass is 10.2. The molecule has 3 rings (SSSR count). The van der Waals surface area contributed by atoms with Crippen LogP contribution in [0.25, 0.3) is 5.65 Å². The second kappa shape index (κ2) is 10.3. The zero-order valence-electron chi connectivity index (χ0n) is 14.5. The van der Waals surface area contributed by atoms with E-state index in [1.54, 1.807) is 19.3 Å². The van der Waals surface area contributed by atoms with E-state index in [9.17, 15) is 0 Å². The molecule has 26 heavy (non-hydrogen) atoms. The van der Waals surface area contributed by atoms with Crippen molar-refractivity contribution >= 4 is 47.2 Å². The van der Waals surface area contributed by atoms with Gasteiger partial charge in [-0.15, -0.1) is 24.0 Å². The second-order valence-electron chi connectivity index (χ2n) is 5.61. The summed E-state index contributed by atoms with van der Waals surface area (Å²) in [4.78, 5) is 12.9. The SMILES string of the molecule is CN=C(NCCc1ccc(Cl)nc1)NCCc1cn2ccccc2n1.I. The summed E-state index contributed by atoms with van der Waals surface area (Å²) in [6, 6.07) is 9.78. The Morgan fingerprint density at radius 3 is 2.65 bits per heavy atom. The van der Waals surface area contributed by atoms with Gasteiger partial charge in [-0.1, -0.05) is 23.7 Å². The highest BCUT2D eigenvalue weighted by molar-refractivity contribution is 14.0. The van der Waals surface area contributed by atoms with Gasteiger partial charge in [-0.2, -0.15) is 0 Å². The quantitative estimate of drug-likeness (QED) is 0.244. The van der Waals surface area contributed by atoms with Crippen LogP contribution in [0.3, 0.4) is 0 Å². The third kappa shape index (κ3) is 5.84. The summed E-state index contributed by atoms with van der Waals surface area (Å²) >= 11 is 5.79. The fourth-order valence-corrected chi connectivity index (χ4v) is 2.63. The lowest BCUT2D eigenvalue weighted by Crippen LogP contribution is -2.39. The second-order valence-corrected chi connectivity index (χ2v) is 6.00. The van der Waals surface area contributed by atoms with Crippen molar-refractivity contribution in [2.75, 3.05) is 20.1 Å². The van der Waals surface area contributed by atoms with Crippen LogP contribution >= 0.6 is 35.6 Å². The maximum atomic E-state index is 5.79. The number of fused-ring (bicyclic) bond motifs is 1. The Morgan fingerprint density at radius 2 is 1.96 bits per heavy atom. The zero-order valence-corrected chi connectivity index (χ0v) is 17.6. The first kappa shape index (κ1) is 20.4. The molecule has 6 nitrogen and oxygen atoms in total. The number of nitrogens with zero attached hydrogens (tertiary/aromatic N) is 4. The molecular formula is C18H22ClIN6. The average Bonchev–Trinajstić information content (AvgIpc) is 3.05. The molecule has 0 saturated carbocycles. The topological polar surface area (TPSA) is 66.6 Å². The van der Waals surface area contributed by atoms with Crippen molar-refractivity contribution in [3.05, 3.63) is 65.3 Å². The fraction of sp³-hybridized carbons (Fsp3) is 0.278. The van der Waals surface area contributed by atoms with Crippen molar-refractivity contribution in [2.24, 2.45) is 4.99 Å². The number of imidazole rings is 1. The highest BCUT2D eigenvalue weighted by Crippen LogP contribution is 2.05. The van der Waals surface area contributed by atoms with Crippen molar-refractivity contribution in [3.8, 4) is 0 Å². The Bertz CT molecular complexity index is 813. The molecule has 0 aliphatic carbocycles. The number of guanidine groups is 1. The van der Waals surface area contributed by atoms with Crippen molar-refractivity contribution in [3.63, 3.8) is 0 Å². The van der Waals surface area contributed by atoms with E-state index in [2.05, 4.69) is 31.8 Å². The molecule has 0 bridgehead atoms. The van der Waals surface area contributed by atoms with Gasteiger partial charge in [0.1, 0.15) is 10.8 Å². The molecule has 3 heterocycles. The van der Waals surface area contributed by atoms with E-state index in [1.807, 2.05) is 34.9 Å². The lowest BCUT2D eigenvalue weighted by molar-refractivity contribution is 0.777. The number of nitrogens with one attached hydrogen (secondary N) is 2. The average molecular weight is 485 g/mol. The van der Waals surface area contributed by atoms with Crippen molar-refractivity contribution in [1.29, 1.82) is 0 Å². The van der Waals surface area contributed by atoms with E-state index in [0.717, 1.165) is 48.8 Å². The molecule has 138 valence electrons. The normalized spacial score (nSPS) is 11.2. The molecule has 0 aliphatic heterocycles. The third-order valence-corrected chi connectivity index (χ3v) is 4.03. The number of pyridine rings is 2. The van der Waals surface area contributed by atoms with Gasteiger partial charge in [0.05, 0.1) is 5.69 Å². The Labute approximate surface area is 175 Å². The molecule has 0 radical (unpaired) electrons. The third-order valence-electron chi connectivity index (χ3n) is 3.81. The van der Waals surface area contributed by atoms with Gasteiger partial charge in [-0.3, -0.25) is 4.99 Å². The molecule has 0 unspecified atom stereocenters. The van der Waals surface area contributed by atoms with Crippen LogP contribution in [0.4, 0.5) is 0 Å². The Morgan fingerprint density at radius 1 is 1.15 bits per heavy atom. The van der Waals surface area contributed by atoms with Gasteiger partial charge in [0.15, 0.2) is 5.96 Å². The standard InChI is InChI=1S/C18H21ClN6.HI/c1-20-18(21-9-7-14-5-6-16(19)23-12-14)22-10-8-15-13-25-11-3-2-4-17(25)24-15;/h2-6,11-13H,7-10H2,1H3,(H2,20,21,22);1H. The first-order chi connectivity index (χ1) is 12.2. The van der Waals surface area contributed by atoms with Crippen molar-refractivity contribution in [1.82, 2.24) is 25.0 Å². The van der Waals surface area contributed by atoms with E-state index >= 15 is 0 Å². The first-order valence-corrected chi connectivity index (χ1v) is 8.60. The van der Waals surface area contributed by atoms with Gasteiger partial charge < -0.3 is 15.0 Å². The van der Waals surface area contributed by atoms with Gasteiger partial charge >= 0.3 is 0 Å². The van der Waals surface area contributed by atoms with E-state index in [-0.39, 0.29) is 24.0 Å². The number of aromatic nitrogens is 3. The number of hydrogen-bond donors (Lipinski definition) is 2. The molecule has 8 heteroatoms. The smallest absolute Gasteiger partial charge is 0.190 e. The molecule has 3 aromatic rings. The van der Waals surface area contributed by atoms with Crippen molar-refractivity contribution < 1.29 is 0 Å². The van der Waals surface area contributed by atoms with Gasteiger partial charge in [0.25, 0.3) is 0 Å². The van der Waals surface area contributed by atoms with Crippen LogP contribution in [0, 0.1) is 0 Å². The number of aliphatic imine (C=N–C) groups is 1. The molecule has 0 atom stereocenters. The minimum atomic E-state index is 0. The Hall–Kier alpha value is -1.87. The molecule has 2 N–H and O–H groups in total. The fourth-order valence-electron chi connectivity index (χ4n) is 2.52. The monoisotopic (exact) mass is 484 g/mol. The van der Waals surface area contributed by atoms with Gasteiger partial charge in [0, 0.05) is 45.1 Å². The minimum absolute atomic E-state index is 0. The van der Waals surface area contributed by atoms with Gasteiger partial charge in [-0.05, 0) is 30.2 Å². The molecular weight excluding hydrogens is 463 g/mol. The minimum Gasteiger partial charge on any atom is -0.356 e. The summed E-state index contributed by atoms with van der Waals surface area (Å²) in [6.07, 6.45) is 7.55. The van der Waals surface area contributed by atoms with Crippen LogP contribution in [0.2, 0.25) is 5.15 Å². The lowest BCUT2D eigenvalue weighted by Gasteiger charge is -2.11. The van der Waals surface area contributed by atoms with Crippen LogP contribution < -0.4 is 10.6 Å². The maximum absolute atomic E-state index is 5.79. The number of rotatable bonds is 6. The number of halogens is 2. The predicted octanol–water partition coefficient (Wildman–Crippen LogP) is 2.95. The molecule has 0 amide bonds. The first-order valence-electron chi connectivity index (χ1n) is 8.22. The highest BCUT2D eigenvalue weighted by Gasteiger charge is 2.02. The number of hydrogen-bond acceptors (Lipinski definition) is 3. The molecule has 0 spiro atoms. The van der Waals surface area contributed by atoms with Crippen LogP contribution in [-0.2, 0) is 12.8 Å². The van der Waals surface area contributed by atoms with Crippen molar-refractivity contribution in [2.45, 2.75) is 12.8 Å². The summed E-state index contributed by atoms with van der Waals surface area (Å²) in [5, 5.41) is 7.12. The van der Waals surface area contributed by atoms with E-state index < -0.39 is 0 Å². The van der Waals surface area contributed by atoms with Crippen LogP contribution in [0.1, 0.15) is 11.3 Å². The summed E-state index contributed by atoms with van der Waals surface area (Å²) < 4.78 is 2.03. The molecule has 3 aromatic heterocycles. The molecule has 0 aromatic carbocycles. The van der Waals surface area contributed by atoms with Gasteiger partial charge in [-0.25, -0.2) is 9.97 Å². The Kier molecular flexibility index (Phi) is 8.11. The van der Waals surface area contributed by atoms with Crippen LogP contribution in [0.15, 0.2) is 53.9 Å². The highest BCUT2D eigenvalue weighted by atomic mass is 127. The van der Waals surface area contributed by atoms with E-state index in [1.165, 1.54) is 0 Å². The molecule has 0 aliphatic rings. The summed E-state index contributed by atoms with van der Waals surface area (Å²) in [6.45, 7) is 1.55. The van der Waals surface area contributed by atoms with E-state index in [4.69, 9.17) is 11.6 Å². The summed E-state index contributed by atoms with van der Waals surface area (Å²) in [7, 11) is 1.77. The predicted molar refractivity (Wildman–Crippen MR) is 117 cm³/mol. The Balaban J connectivity index is 0.00000243. The maximum Gasteiger partial charge on any atom is 0.190 e. The summed E-state index contributed by atoms with van der Waals surface area (Å²) in [5.41, 5.74) is 3.16. The molecule has 0 fully saturated rings.